The van der Waals surface area contributed by atoms with Gasteiger partial charge in [0.05, 0.1) is 0 Å². The second-order valence-electron chi connectivity index (χ2n) is 8.82. The van der Waals surface area contributed by atoms with Crippen molar-refractivity contribution in [3.05, 3.63) is 58.6 Å². The van der Waals surface area contributed by atoms with Gasteiger partial charge in [0.25, 0.3) is 11.8 Å². The fraction of sp³-hybridized carbons (Fsp3) is 0.400. The molecule has 0 unspecified atom stereocenters. The van der Waals surface area contributed by atoms with Gasteiger partial charge in [-0.2, -0.15) is 0 Å². The van der Waals surface area contributed by atoms with Crippen LogP contribution < -0.4 is 20.1 Å². The Balaban J connectivity index is 1.44. The quantitative estimate of drug-likeness (QED) is 0.654. The van der Waals surface area contributed by atoms with E-state index in [1.54, 1.807) is 47.4 Å². The molecule has 2 aromatic rings. The van der Waals surface area contributed by atoms with Crippen molar-refractivity contribution in [3.63, 3.8) is 0 Å². The first-order valence-corrected chi connectivity index (χ1v) is 11.8. The number of carbonyl (C=O) groups is 3. The summed E-state index contributed by atoms with van der Waals surface area (Å²) in [5.41, 5.74) is 0.968. The number of hydrogen-bond donors (Lipinski definition) is 2. The summed E-state index contributed by atoms with van der Waals surface area (Å²) in [5, 5.41) is 6.40. The maximum atomic E-state index is 13.0. The number of rotatable bonds is 6. The van der Waals surface area contributed by atoms with Crippen LogP contribution in [0.1, 0.15) is 47.4 Å². The molecular formula is C25H28ClN3O5. The molecule has 2 heterocycles. The number of likely N-dealkylation sites (tertiary alicyclic amines) is 1. The Kier molecular flexibility index (Phi) is 7.26. The first kappa shape index (κ1) is 23.9. The van der Waals surface area contributed by atoms with Gasteiger partial charge in [-0.25, -0.2) is 0 Å². The van der Waals surface area contributed by atoms with Gasteiger partial charge in [0.1, 0.15) is 6.04 Å². The van der Waals surface area contributed by atoms with Gasteiger partial charge in [0.15, 0.2) is 11.5 Å². The lowest BCUT2D eigenvalue weighted by Crippen LogP contribution is -2.54. The van der Waals surface area contributed by atoms with E-state index in [0.717, 1.165) is 0 Å². The van der Waals surface area contributed by atoms with Gasteiger partial charge < -0.3 is 25.0 Å². The smallest absolute Gasteiger partial charge is 0.253 e. The van der Waals surface area contributed by atoms with E-state index >= 15 is 0 Å². The summed E-state index contributed by atoms with van der Waals surface area (Å²) in [7, 11) is 0. The third-order valence-corrected chi connectivity index (χ3v) is 6.28. The predicted octanol–water partition coefficient (Wildman–Crippen LogP) is 3.24. The first-order valence-electron chi connectivity index (χ1n) is 11.4. The van der Waals surface area contributed by atoms with E-state index in [0.29, 0.717) is 53.6 Å². The summed E-state index contributed by atoms with van der Waals surface area (Å²) in [6.45, 7) is 4.87. The van der Waals surface area contributed by atoms with Gasteiger partial charge in [0.2, 0.25) is 12.7 Å². The summed E-state index contributed by atoms with van der Waals surface area (Å²) in [6.07, 6.45) is 1.19. The average Bonchev–Trinajstić information content (AvgIpc) is 3.30. The van der Waals surface area contributed by atoms with Gasteiger partial charge in [-0.15, -0.1) is 0 Å². The summed E-state index contributed by atoms with van der Waals surface area (Å²) in [6, 6.07) is 11.0. The molecule has 1 fully saturated rings. The third kappa shape index (κ3) is 5.44. The molecule has 9 heteroatoms. The van der Waals surface area contributed by atoms with Crippen LogP contribution in [0.5, 0.6) is 11.5 Å². The summed E-state index contributed by atoms with van der Waals surface area (Å²) in [4.78, 5) is 40.6. The van der Waals surface area contributed by atoms with E-state index in [4.69, 9.17) is 21.1 Å². The summed E-state index contributed by atoms with van der Waals surface area (Å²) < 4.78 is 10.7. The lowest BCUT2D eigenvalue weighted by Gasteiger charge is -2.36. The number of benzene rings is 2. The van der Waals surface area contributed by atoms with Crippen molar-refractivity contribution in [1.82, 2.24) is 15.5 Å². The van der Waals surface area contributed by atoms with Crippen molar-refractivity contribution in [3.8, 4) is 11.5 Å². The molecule has 0 aliphatic carbocycles. The molecule has 0 spiro atoms. The zero-order valence-electron chi connectivity index (χ0n) is 19.2. The molecule has 0 radical (unpaired) electrons. The van der Waals surface area contributed by atoms with Crippen LogP contribution in [0.4, 0.5) is 0 Å². The molecule has 4 rings (SSSR count). The number of piperidine rings is 1. The van der Waals surface area contributed by atoms with E-state index < -0.39 is 6.04 Å². The summed E-state index contributed by atoms with van der Waals surface area (Å²) >= 11 is 5.92. The highest BCUT2D eigenvalue weighted by Crippen LogP contribution is 2.32. The molecule has 3 amide bonds. The predicted molar refractivity (Wildman–Crippen MR) is 127 cm³/mol. The number of hydrogen-bond acceptors (Lipinski definition) is 5. The Labute approximate surface area is 203 Å². The Morgan fingerprint density at radius 2 is 1.59 bits per heavy atom. The Morgan fingerprint density at radius 1 is 0.941 bits per heavy atom. The largest absolute Gasteiger partial charge is 0.454 e. The average molecular weight is 486 g/mol. The van der Waals surface area contributed by atoms with Crippen LogP contribution in [-0.4, -0.2) is 54.6 Å². The highest BCUT2D eigenvalue weighted by Gasteiger charge is 2.34. The first-order chi connectivity index (χ1) is 16.3. The van der Waals surface area contributed by atoms with E-state index in [9.17, 15) is 14.4 Å². The second-order valence-corrected chi connectivity index (χ2v) is 9.26. The zero-order chi connectivity index (χ0) is 24.2. The van der Waals surface area contributed by atoms with Gasteiger partial charge in [-0.3, -0.25) is 14.4 Å². The molecule has 2 N–H and O–H groups in total. The van der Waals surface area contributed by atoms with E-state index in [2.05, 4.69) is 10.6 Å². The van der Waals surface area contributed by atoms with Gasteiger partial charge in [-0.1, -0.05) is 11.6 Å². The van der Waals surface area contributed by atoms with Crippen molar-refractivity contribution in [2.75, 3.05) is 19.9 Å². The number of carbonyl (C=O) groups excluding carboxylic acids is 3. The van der Waals surface area contributed by atoms with Crippen molar-refractivity contribution >= 4 is 29.3 Å². The van der Waals surface area contributed by atoms with Crippen LogP contribution in [0, 0.1) is 5.92 Å². The number of ether oxygens (including phenoxy) is 2. The highest BCUT2D eigenvalue weighted by molar-refractivity contribution is 6.30. The van der Waals surface area contributed by atoms with Crippen LogP contribution in [0.2, 0.25) is 5.02 Å². The van der Waals surface area contributed by atoms with Crippen molar-refractivity contribution in [2.45, 2.75) is 38.8 Å². The zero-order valence-corrected chi connectivity index (χ0v) is 19.9. The maximum Gasteiger partial charge on any atom is 0.253 e. The van der Waals surface area contributed by atoms with Gasteiger partial charge in [0, 0.05) is 35.3 Å². The van der Waals surface area contributed by atoms with Crippen molar-refractivity contribution < 1.29 is 23.9 Å². The molecule has 2 aliphatic rings. The molecule has 1 saturated heterocycles. The normalized spacial score (nSPS) is 16.3. The maximum absolute atomic E-state index is 13.0. The van der Waals surface area contributed by atoms with E-state index in [1.807, 2.05) is 13.8 Å². The van der Waals surface area contributed by atoms with E-state index in [1.165, 1.54) is 0 Å². The van der Waals surface area contributed by atoms with Crippen LogP contribution in [0.25, 0.3) is 0 Å². The number of nitrogens with zero attached hydrogens (tertiary/aromatic N) is 1. The molecule has 34 heavy (non-hydrogen) atoms. The Morgan fingerprint density at radius 3 is 2.26 bits per heavy atom. The Hall–Kier alpha value is -3.26. The van der Waals surface area contributed by atoms with Gasteiger partial charge >= 0.3 is 0 Å². The molecule has 0 aromatic heterocycles. The number of nitrogens with one attached hydrogen (secondary N) is 2. The number of amides is 3. The SMILES string of the molecule is CC(C)NC(=O)[C@H](NC(=O)c1ccc2c(c1)OCO2)C1CCN(C(=O)c2ccc(Cl)cc2)CC1. The fourth-order valence-corrected chi connectivity index (χ4v) is 4.37. The van der Waals surface area contributed by atoms with Gasteiger partial charge in [-0.05, 0) is 75.1 Å². The molecule has 0 saturated carbocycles. The minimum atomic E-state index is -0.715. The molecule has 1 atom stereocenters. The molecule has 180 valence electrons. The molecule has 8 nitrogen and oxygen atoms in total. The topological polar surface area (TPSA) is 97.0 Å². The third-order valence-electron chi connectivity index (χ3n) is 6.02. The monoisotopic (exact) mass is 485 g/mol. The molecule has 2 aromatic carbocycles. The number of fused-ring (bicyclic) bond motifs is 1. The highest BCUT2D eigenvalue weighted by atomic mass is 35.5. The minimum absolute atomic E-state index is 0.0657. The fourth-order valence-electron chi connectivity index (χ4n) is 4.25. The standard InChI is InChI=1S/C25H28ClN3O5/c1-15(2)27-24(31)22(28-23(30)18-5-8-20-21(13-18)34-14-33-20)16-9-11-29(12-10-16)25(32)17-3-6-19(26)7-4-17/h3-8,13,15-16,22H,9-12,14H2,1-2H3,(H,27,31)(H,28,30)/t22-/m1/s1. The minimum Gasteiger partial charge on any atom is -0.454 e. The molecule has 0 bridgehead atoms. The van der Waals surface area contributed by atoms with Crippen LogP contribution in [0.3, 0.4) is 0 Å². The Bertz CT molecular complexity index is 1060. The molecular weight excluding hydrogens is 458 g/mol. The summed E-state index contributed by atoms with van der Waals surface area (Å²) in [5.74, 6) is 0.329. The van der Waals surface area contributed by atoms with Crippen LogP contribution in [-0.2, 0) is 4.79 Å². The number of halogens is 1. The lowest BCUT2D eigenvalue weighted by atomic mass is 9.88. The lowest BCUT2D eigenvalue weighted by molar-refractivity contribution is -0.125. The van der Waals surface area contributed by atoms with Crippen LogP contribution in [0.15, 0.2) is 42.5 Å². The van der Waals surface area contributed by atoms with Crippen molar-refractivity contribution in [2.24, 2.45) is 5.92 Å². The van der Waals surface area contributed by atoms with E-state index in [-0.39, 0.29) is 36.5 Å². The molecule has 2 aliphatic heterocycles. The van der Waals surface area contributed by atoms with Crippen molar-refractivity contribution in [1.29, 1.82) is 0 Å². The second kappa shape index (κ2) is 10.3. The van der Waals surface area contributed by atoms with Crippen LogP contribution >= 0.6 is 11.6 Å².